The van der Waals surface area contributed by atoms with Crippen LogP contribution in [-0.2, 0) is 4.74 Å². The van der Waals surface area contributed by atoms with Crippen molar-refractivity contribution in [2.45, 2.75) is 6.42 Å². The van der Waals surface area contributed by atoms with Gasteiger partial charge in [-0.2, -0.15) is 4.98 Å². The first-order valence-electron chi connectivity index (χ1n) is 4.53. The second kappa shape index (κ2) is 5.82. The lowest BCUT2D eigenvalue weighted by molar-refractivity contribution is 0.196. The lowest BCUT2D eigenvalue weighted by Gasteiger charge is -2.17. The molecule has 0 aromatic carbocycles. The molecule has 1 rings (SSSR count). The smallest absolute Gasteiger partial charge is 0.224 e. The average molecular weight is 234 g/mol. The number of anilines is 1. The van der Waals surface area contributed by atoms with Gasteiger partial charge in [-0.05, 0) is 18.0 Å². The Morgan fingerprint density at radius 1 is 1.60 bits per heavy atom. The van der Waals surface area contributed by atoms with Gasteiger partial charge in [-0.25, -0.2) is 9.37 Å². The monoisotopic (exact) mass is 233 g/mol. The molecular weight excluding hydrogens is 221 g/mol. The standard InChI is InChI=1S/C9H13ClFN3O/c1-14(4-3-5-15-2)8-7(11)6-12-9(10)13-8/h6H,3-5H2,1-2H3. The lowest BCUT2D eigenvalue weighted by atomic mass is 10.4. The van der Waals surface area contributed by atoms with Gasteiger partial charge in [0.2, 0.25) is 5.28 Å². The zero-order chi connectivity index (χ0) is 11.3. The van der Waals surface area contributed by atoms with Crippen molar-refractivity contribution in [3.63, 3.8) is 0 Å². The van der Waals surface area contributed by atoms with Gasteiger partial charge in [-0.15, -0.1) is 0 Å². The first-order chi connectivity index (χ1) is 7.15. The molecule has 0 atom stereocenters. The van der Waals surface area contributed by atoms with Crippen LogP contribution in [0.3, 0.4) is 0 Å². The van der Waals surface area contributed by atoms with E-state index < -0.39 is 5.82 Å². The SMILES string of the molecule is COCCCN(C)c1nc(Cl)ncc1F. The third-order valence-corrected chi connectivity index (χ3v) is 2.08. The molecule has 1 aromatic heterocycles. The number of aromatic nitrogens is 2. The third-order valence-electron chi connectivity index (χ3n) is 1.90. The highest BCUT2D eigenvalue weighted by atomic mass is 35.5. The quantitative estimate of drug-likeness (QED) is 0.574. The summed E-state index contributed by atoms with van der Waals surface area (Å²) in [5.74, 6) is -0.259. The minimum atomic E-state index is -0.473. The van der Waals surface area contributed by atoms with E-state index in [1.807, 2.05) is 0 Å². The van der Waals surface area contributed by atoms with Crippen molar-refractivity contribution >= 4 is 17.4 Å². The second-order valence-electron chi connectivity index (χ2n) is 3.08. The number of hydrogen-bond donors (Lipinski definition) is 0. The molecule has 15 heavy (non-hydrogen) atoms. The molecule has 0 saturated heterocycles. The van der Waals surface area contributed by atoms with Crippen LogP contribution in [-0.4, -0.2) is 37.3 Å². The molecule has 1 heterocycles. The number of methoxy groups -OCH3 is 1. The van der Waals surface area contributed by atoms with Gasteiger partial charge in [0.1, 0.15) is 0 Å². The molecule has 0 N–H and O–H groups in total. The Morgan fingerprint density at radius 2 is 2.33 bits per heavy atom. The minimum Gasteiger partial charge on any atom is -0.385 e. The summed E-state index contributed by atoms with van der Waals surface area (Å²) in [5.41, 5.74) is 0. The van der Waals surface area contributed by atoms with Crippen LogP contribution in [0.2, 0.25) is 5.28 Å². The Hall–Kier alpha value is -0.940. The summed E-state index contributed by atoms with van der Waals surface area (Å²) >= 11 is 5.58. The zero-order valence-corrected chi connectivity index (χ0v) is 9.46. The van der Waals surface area contributed by atoms with Crippen LogP contribution in [0.5, 0.6) is 0 Å². The molecule has 6 heteroatoms. The highest BCUT2D eigenvalue weighted by Crippen LogP contribution is 2.15. The Morgan fingerprint density at radius 3 is 3.00 bits per heavy atom. The van der Waals surface area contributed by atoms with Crippen molar-refractivity contribution in [3.05, 3.63) is 17.3 Å². The highest BCUT2D eigenvalue weighted by molar-refractivity contribution is 6.28. The fourth-order valence-electron chi connectivity index (χ4n) is 1.16. The minimum absolute atomic E-state index is 0.0463. The van der Waals surface area contributed by atoms with Crippen molar-refractivity contribution in [2.75, 3.05) is 32.2 Å². The van der Waals surface area contributed by atoms with Gasteiger partial charge in [-0.3, -0.25) is 0 Å². The molecule has 0 aliphatic carbocycles. The van der Waals surface area contributed by atoms with Crippen LogP contribution in [0.1, 0.15) is 6.42 Å². The maximum Gasteiger partial charge on any atom is 0.224 e. The summed E-state index contributed by atoms with van der Waals surface area (Å²) in [6, 6.07) is 0. The van der Waals surface area contributed by atoms with Gasteiger partial charge < -0.3 is 9.64 Å². The van der Waals surface area contributed by atoms with Crippen molar-refractivity contribution in [1.29, 1.82) is 0 Å². The first kappa shape index (κ1) is 12.1. The molecular formula is C9H13ClFN3O. The van der Waals surface area contributed by atoms with Gasteiger partial charge in [-0.1, -0.05) is 0 Å². The van der Waals surface area contributed by atoms with E-state index in [0.29, 0.717) is 13.2 Å². The maximum absolute atomic E-state index is 13.3. The van der Waals surface area contributed by atoms with E-state index >= 15 is 0 Å². The molecule has 0 spiro atoms. The van der Waals surface area contributed by atoms with Crippen molar-refractivity contribution < 1.29 is 9.13 Å². The van der Waals surface area contributed by atoms with Crippen molar-refractivity contribution in [1.82, 2.24) is 9.97 Å². The summed E-state index contributed by atoms with van der Waals surface area (Å²) in [7, 11) is 3.37. The Kier molecular flexibility index (Phi) is 4.71. The predicted molar refractivity (Wildman–Crippen MR) is 56.8 cm³/mol. The van der Waals surface area contributed by atoms with Crippen LogP contribution in [0.4, 0.5) is 10.2 Å². The number of hydrogen-bond acceptors (Lipinski definition) is 4. The molecule has 84 valence electrons. The van der Waals surface area contributed by atoms with Gasteiger partial charge in [0, 0.05) is 27.3 Å². The summed E-state index contributed by atoms with van der Waals surface area (Å²) in [4.78, 5) is 9.04. The zero-order valence-electron chi connectivity index (χ0n) is 8.70. The van der Waals surface area contributed by atoms with E-state index in [4.69, 9.17) is 16.3 Å². The van der Waals surface area contributed by atoms with Crippen molar-refractivity contribution in [2.24, 2.45) is 0 Å². The highest BCUT2D eigenvalue weighted by Gasteiger charge is 2.10. The van der Waals surface area contributed by atoms with Gasteiger partial charge >= 0.3 is 0 Å². The molecule has 0 amide bonds. The van der Waals surface area contributed by atoms with Gasteiger partial charge in [0.15, 0.2) is 11.6 Å². The first-order valence-corrected chi connectivity index (χ1v) is 4.91. The molecule has 0 aliphatic rings. The Labute approximate surface area is 93.0 Å². The van der Waals surface area contributed by atoms with Gasteiger partial charge in [0.25, 0.3) is 0 Å². The van der Waals surface area contributed by atoms with E-state index in [1.165, 1.54) is 0 Å². The summed E-state index contributed by atoms with van der Waals surface area (Å²) in [6.07, 6.45) is 1.87. The van der Waals surface area contributed by atoms with Crippen molar-refractivity contribution in [3.8, 4) is 0 Å². The topological polar surface area (TPSA) is 38.2 Å². The molecule has 1 aromatic rings. The van der Waals surface area contributed by atoms with E-state index in [2.05, 4.69) is 9.97 Å². The van der Waals surface area contributed by atoms with Crippen LogP contribution < -0.4 is 4.90 Å². The Bertz CT molecular complexity index is 324. The number of rotatable bonds is 5. The van der Waals surface area contributed by atoms with Crippen LogP contribution in [0, 0.1) is 5.82 Å². The molecule has 0 fully saturated rings. The number of halogens is 2. The van der Waals surface area contributed by atoms with Gasteiger partial charge in [0.05, 0.1) is 6.20 Å². The van der Waals surface area contributed by atoms with E-state index in [1.54, 1.807) is 19.1 Å². The molecule has 0 bridgehead atoms. The molecule has 0 aliphatic heterocycles. The third kappa shape index (κ3) is 3.60. The maximum atomic E-state index is 13.3. The fourth-order valence-corrected chi connectivity index (χ4v) is 1.29. The lowest BCUT2D eigenvalue weighted by Crippen LogP contribution is -2.22. The molecule has 0 saturated carbocycles. The second-order valence-corrected chi connectivity index (χ2v) is 3.42. The van der Waals surface area contributed by atoms with E-state index in [0.717, 1.165) is 12.6 Å². The predicted octanol–water partition coefficient (Wildman–Crippen LogP) is 1.74. The molecule has 0 unspecified atom stereocenters. The normalized spacial score (nSPS) is 10.4. The van der Waals surface area contributed by atoms with Crippen LogP contribution >= 0.6 is 11.6 Å². The summed E-state index contributed by atoms with van der Waals surface area (Å²) in [6.45, 7) is 1.28. The van der Waals surface area contributed by atoms with E-state index in [9.17, 15) is 4.39 Å². The number of ether oxygens (including phenoxy) is 1. The van der Waals surface area contributed by atoms with Crippen LogP contribution in [0.25, 0.3) is 0 Å². The Balaban J connectivity index is 2.64. The summed E-state index contributed by atoms with van der Waals surface area (Å²) < 4.78 is 18.2. The largest absolute Gasteiger partial charge is 0.385 e. The van der Waals surface area contributed by atoms with Crippen LogP contribution in [0.15, 0.2) is 6.20 Å². The summed E-state index contributed by atoms with van der Waals surface area (Å²) in [5, 5.41) is 0.0463. The van der Waals surface area contributed by atoms with E-state index in [-0.39, 0.29) is 11.1 Å². The average Bonchev–Trinajstić information content (AvgIpc) is 2.22. The molecule has 0 radical (unpaired) electrons. The fraction of sp³-hybridized carbons (Fsp3) is 0.556. The molecule has 4 nitrogen and oxygen atoms in total. The number of nitrogens with zero attached hydrogens (tertiary/aromatic N) is 3.